The van der Waals surface area contributed by atoms with Gasteiger partial charge in [0.2, 0.25) is 5.89 Å². The van der Waals surface area contributed by atoms with Crippen molar-refractivity contribution in [2.75, 3.05) is 5.73 Å². The maximum Gasteiger partial charge on any atom is 0.227 e. The number of anilines is 1. The molecule has 0 spiro atoms. The largest absolute Gasteiger partial charge is 0.436 e. The predicted molar refractivity (Wildman–Crippen MR) is 98.1 cm³/mol. The van der Waals surface area contributed by atoms with Gasteiger partial charge < -0.3 is 10.2 Å². The van der Waals surface area contributed by atoms with E-state index in [4.69, 9.17) is 21.8 Å². The first kappa shape index (κ1) is 14.8. The number of hydrogen-bond acceptors (Lipinski definition) is 3. The summed E-state index contributed by atoms with van der Waals surface area (Å²) in [5, 5.41) is 0.527. The minimum atomic E-state index is 0.515. The van der Waals surface area contributed by atoms with E-state index in [1.54, 1.807) is 12.1 Å². The molecular formula is C20H15ClN2O. The van der Waals surface area contributed by atoms with Crippen LogP contribution in [0.5, 0.6) is 0 Å². The first-order chi connectivity index (χ1) is 11.7. The molecule has 0 atom stereocenters. The first-order valence-electron chi connectivity index (χ1n) is 7.68. The third kappa shape index (κ3) is 2.74. The number of oxazole rings is 1. The highest BCUT2D eigenvalue weighted by Gasteiger charge is 2.12. The summed E-state index contributed by atoms with van der Waals surface area (Å²) in [4.78, 5) is 4.59. The van der Waals surface area contributed by atoms with Crippen LogP contribution in [0.25, 0.3) is 22.6 Å². The second-order valence-corrected chi connectivity index (χ2v) is 6.09. The van der Waals surface area contributed by atoms with E-state index in [9.17, 15) is 0 Å². The molecule has 1 aromatic heterocycles. The van der Waals surface area contributed by atoms with E-state index in [2.05, 4.69) is 23.2 Å². The Balaban J connectivity index is 1.78. The van der Waals surface area contributed by atoms with Gasteiger partial charge in [-0.3, -0.25) is 0 Å². The lowest BCUT2D eigenvalue weighted by Crippen LogP contribution is -1.88. The fourth-order valence-corrected chi connectivity index (χ4v) is 2.88. The van der Waals surface area contributed by atoms with Crippen LogP contribution in [-0.4, -0.2) is 4.98 Å². The number of nitrogen functional groups attached to an aromatic ring is 1. The summed E-state index contributed by atoms with van der Waals surface area (Å²) in [6, 6.07) is 21.7. The van der Waals surface area contributed by atoms with Gasteiger partial charge in [0.1, 0.15) is 5.52 Å². The van der Waals surface area contributed by atoms with E-state index in [0.717, 1.165) is 28.6 Å². The van der Waals surface area contributed by atoms with Crippen molar-refractivity contribution in [3.05, 3.63) is 82.9 Å². The normalized spacial score (nSPS) is 11.0. The Morgan fingerprint density at radius 3 is 2.58 bits per heavy atom. The fraction of sp³-hybridized carbons (Fsp3) is 0.0500. The Kier molecular flexibility index (Phi) is 3.71. The van der Waals surface area contributed by atoms with Crippen molar-refractivity contribution >= 4 is 28.4 Å². The summed E-state index contributed by atoms with van der Waals surface area (Å²) < 4.78 is 6.04. The monoisotopic (exact) mass is 334 g/mol. The van der Waals surface area contributed by atoms with E-state index in [0.29, 0.717) is 16.6 Å². The SMILES string of the molecule is Nc1cc(-c2nc3cccc(Cc4ccccc4)c3o2)ccc1Cl. The second-order valence-electron chi connectivity index (χ2n) is 5.68. The molecule has 2 N–H and O–H groups in total. The number of para-hydroxylation sites is 1. The number of fused-ring (bicyclic) bond motifs is 1. The summed E-state index contributed by atoms with van der Waals surface area (Å²) in [6.07, 6.45) is 0.801. The van der Waals surface area contributed by atoms with Gasteiger partial charge in [-0.25, -0.2) is 4.98 Å². The van der Waals surface area contributed by atoms with Gasteiger partial charge in [-0.2, -0.15) is 0 Å². The van der Waals surface area contributed by atoms with E-state index < -0.39 is 0 Å². The molecule has 118 valence electrons. The van der Waals surface area contributed by atoms with Crippen molar-refractivity contribution in [3.63, 3.8) is 0 Å². The highest BCUT2D eigenvalue weighted by atomic mass is 35.5. The summed E-state index contributed by atoms with van der Waals surface area (Å²) in [6.45, 7) is 0. The Bertz CT molecular complexity index is 1010. The molecule has 0 aliphatic carbocycles. The van der Waals surface area contributed by atoms with E-state index in [1.165, 1.54) is 5.56 Å². The Morgan fingerprint density at radius 2 is 1.79 bits per heavy atom. The third-order valence-electron chi connectivity index (χ3n) is 3.98. The Hall–Kier alpha value is -2.78. The number of rotatable bonds is 3. The van der Waals surface area contributed by atoms with Crippen molar-refractivity contribution in [2.24, 2.45) is 0 Å². The molecule has 0 unspecified atom stereocenters. The van der Waals surface area contributed by atoms with Gasteiger partial charge in [0.25, 0.3) is 0 Å². The van der Waals surface area contributed by atoms with E-state index in [-0.39, 0.29) is 0 Å². The first-order valence-corrected chi connectivity index (χ1v) is 8.06. The molecule has 1 heterocycles. The van der Waals surface area contributed by atoms with E-state index in [1.807, 2.05) is 36.4 Å². The summed E-state index contributed by atoms with van der Waals surface area (Å²) in [5.74, 6) is 0.550. The molecule has 0 aliphatic heterocycles. The van der Waals surface area contributed by atoms with Gasteiger partial charge in [0.05, 0.1) is 10.7 Å². The van der Waals surface area contributed by atoms with Crippen molar-refractivity contribution in [2.45, 2.75) is 6.42 Å². The maximum atomic E-state index is 6.04. The van der Waals surface area contributed by atoms with Crippen molar-refractivity contribution in [3.8, 4) is 11.5 Å². The van der Waals surface area contributed by atoms with Crippen LogP contribution in [0.3, 0.4) is 0 Å². The van der Waals surface area contributed by atoms with E-state index >= 15 is 0 Å². The van der Waals surface area contributed by atoms with Gasteiger partial charge in [-0.05, 0) is 29.8 Å². The molecule has 0 bridgehead atoms. The average Bonchev–Trinajstić information content (AvgIpc) is 3.04. The average molecular weight is 335 g/mol. The molecule has 3 aromatic carbocycles. The van der Waals surface area contributed by atoms with Crippen molar-refractivity contribution in [1.82, 2.24) is 4.98 Å². The number of aromatic nitrogens is 1. The summed E-state index contributed by atoms with van der Waals surface area (Å²) >= 11 is 5.99. The highest BCUT2D eigenvalue weighted by Crippen LogP contribution is 2.30. The Labute approximate surface area is 144 Å². The number of halogens is 1. The molecule has 0 saturated heterocycles. The van der Waals surface area contributed by atoms with Crippen LogP contribution in [-0.2, 0) is 6.42 Å². The predicted octanol–water partition coefficient (Wildman–Crippen LogP) is 5.32. The van der Waals surface area contributed by atoms with Crippen LogP contribution in [0.2, 0.25) is 5.02 Å². The smallest absolute Gasteiger partial charge is 0.227 e. The molecule has 0 amide bonds. The lowest BCUT2D eigenvalue weighted by molar-refractivity contribution is 0.616. The van der Waals surface area contributed by atoms with Crippen molar-refractivity contribution < 1.29 is 4.42 Å². The molecule has 4 heteroatoms. The van der Waals surface area contributed by atoms with Gasteiger partial charge in [0.15, 0.2) is 5.58 Å². The lowest BCUT2D eigenvalue weighted by atomic mass is 10.0. The zero-order chi connectivity index (χ0) is 16.5. The summed E-state index contributed by atoms with van der Waals surface area (Å²) in [7, 11) is 0. The number of benzene rings is 3. The summed E-state index contributed by atoms with van der Waals surface area (Å²) in [5.41, 5.74) is 11.2. The minimum absolute atomic E-state index is 0.515. The molecule has 4 rings (SSSR count). The topological polar surface area (TPSA) is 52.0 Å². The fourth-order valence-electron chi connectivity index (χ4n) is 2.76. The number of hydrogen-bond donors (Lipinski definition) is 1. The molecular weight excluding hydrogens is 320 g/mol. The standard InChI is InChI=1S/C20H15ClN2O/c21-16-10-9-15(12-17(16)22)20-23-18-8-4-7-14(19(18)24-20)11-13-5-2-1-3-6-13/h1-10,12H,11,22H2. The number of nitrogens with two attached hydrogens (primary N) is 1. The minimum Gasteiger partial charge on any atom is -0.436 e. The molecule has 4 aromatic rings. The maximum absolute atomic E-state index is 6.04. The molecule has 0 radical (unpaired) electrons. The molecule has 0 saturated carbocycles. The molecule has 0 fully saturated rings. The van der Waals surface area contributed by atoms with Crippen LogP contribution >= 0.6 is 11.6 Å². The van der Waals surface area contributed by atoms with Crippen LogP contribution in [0.1, 0.15) is 11.1 Å². The quantitative estimate of drug-likeness (QED) is 0.516. The number of nitrogens with zero attached hydrogens (tertiary/aromatic N) is 1. The van der Waals surface area contributed by atoms with Crippen LogP contribution in [0.4, 0.5) is 5.69 Å². The Morgan fingerprint density at radius 1 is 0.958 bits per heavy atom. The van der Waals surface area contributed by atoms with Gasteiger partial charge >= 0.3 is 0 Å². The lowest BCUT2D eigenvalue weighted by Gasteiger charge is -2.02. The zero-order valence-corrected chi connectivity index (χ0v) is 13.6. The highest BCUT2D eigenvalue weighted by molar-refractivity contribution is 6.33. The van der Waals surface area contributed by atoms with Crippen LogP contribution in [0.15, 0.2) is 71.1 Å². The van der Waals surface area contributed by atoms with Crippen molar-refractivity contribution in [1.29, 1.82) is 0 Å². The van der Waals surface area contributed by atoms with Crippen LogP contribution in [0, 0.1) is 0 Å². The zero-order valence-electron chi connectivity index (χ0n) is 12.9. The molecule has 3 nitrogen and oxygen atoms in total. The second kappa shape index (κ2) is 6.02. The van der Waals surface area contributed by atoms with Gasteiger partial charge in [0, 0.05) is 17.5 Å². The molecule has 0 aliphatic rings. The van der Waals surface area contributed by atoms with Crippen LogP contribution < -0.4 is 5.73 Å². The van der Waals surface area contributed by atoms with Gasteiger partial charge in [-0.1, -0.05) is 54.1 Å². The third-order valence-corrected chi connectivity index (χ3v) is 4.32. The molecule has 24 heavy (non-hydrogen) atoms. The van der Waals surface area contributed by atoms with Gasteiger partial charge in [-0.15, -0.1) is 0 Å².